The maximum absolute atomic E-state index is 13.0. The maximum Gasteiger partial charge on any atom is 0.124 e. The summed E-state index contributed by atoms with van der Waals surface area (Å²) >= 11 is 7.20. The Morgan fingerprint density at radius 1 is 1.25 bits per heavy atom. The van der Waals surface area contributed by atoms with Crippen LogP contribution in [-0.2, 0) is 6.42 Å². The van der Waals surface area contributed by atoms with Gasteiger partial charge in [0.25, 0.3) is 0 Å². The van der Waals surface area contributed by atoms with Gasteiger partial charge in [-0.2, -0.15) is 0 Å². The predicted octanol–water partition coefficient (Wildman–Crippen LogP) is 5.08. The van der Waals surface area contributed by atoms with Gasteiger partial charge in [-0.25, -0.2) is 4.39 Å². The molecule has 1 fully saturated rings. The van der Waals surface area contributed by atoms with Crippen molar-refractivity contribution in [1.29, 1.82) is 0 Å². The molecule has 88 valence electrons. The van der Waals surface area contributed by atoms with Gasteiger partial charge in [0, 0.05) is 9.30 Å². The highest BCUT2D eigenvalue weighted by Crippen LogP contribution is 2.33. The number of hydrogen-bond donors (Lipinski definition) is 0. The van der Waals surface area contributed by atoms with Crippen molar-refractivity contribution in [1.82, 2.24) is 0 Å². The van der Waals surface area contributed by atoms with Crippen LogP contribution in [0.25, 0.3) is 0 Å². The molecule has 16 heavy (non-hydrogen) atoms. The monoisotopic (exact) mass is 348 g/mol. The third-order valence-electron chi connectivity index (χ3n) is 3.31. The first-order valence-electron chi connectivity index (χ1n) is 5.75. The predicted molar refractivity (Wildman–Crippen MR) is 72.5 cm³/mol. The quantitative estimate of drug-likeness (QED) is 0.653. The number of rotatable bonds is 2. The molecule has 0 amide bonds. The van der Waals surface area contributed by atoms with Crippen LogP contribution >= 0.6 is 31.9 Å². The fraction of sp³-hybridized carbons (Fsp3) is 0.538. The summed E-state index contributed by atoms with van der Waals surface area (Å²) in [7, 11) is 0. The minimum atomic E-state index is -0.172. The summed E-state index contributed by atoms with van der Waals surface area (Å²) in [6, 6.07) is 5.00. The minimum Gasteiger partial charge on any atom is -0.207 e. The largest absolute Gasteiger partial charge is 0.207 e. The molecule has 0 nitrogen and oxygen atoms in total. The summed E-state index contributed by atoms with van der Waals surface area (Å²) in [5.74, 6) is 0.519. The van der Waals surface area contributed by atoms with Gasteiger partial charge in [0.05, 0.1) is 0 Å². The molecule has 0 bridgehead atoms. The first-order chi connectivity index (χ1) is 7.66. The van der Waals surface area contributed by atoms with Gasteiger partial charge < -0.3 is 0 Å². The Balaban J connectivity index is 2.07. The van der Waals surface area contributed by atoms with Crippen LogP contribution in [0.5, 0.6) is 0 Å². The third-order valence-corrected chi connectivity index (χ3v) is 5.26. The van der Waals surface area contributed by atoms with Crippen molar-refractivity contribution in [2.75, 3.05) is 0 Å². The SMILES string of the molecule is Fc1ccc(CC2CCCCC2Br)c(Br)c1. The summed E-state index contributed by atoms with van der Waals surface area (Å²) < 4.78 is 13.9. The molecule has 0 aromatic heterocycles. The average Bonchev–Trinajstić information content (AvgIpc) is 2.25. The molecule has 0 heterocycles. The van der Waals surface area contributed by atoms with E-state index in [0.717, 1.165) is 10.9 Å². The standard InChI is InChI=1S/C13H15Br2F/c14-12-4-2-1-3-9(12)7-10-5-6-11(16)8-13(10)15/h5-6,8-9,12H,1-4,7H2. The Labute approximate surface area is 113 Å². The molecular weight excluding hydrogens is 335 g/mol. The molecule has 2 atom stereocenters. The summed E-state index contributed by atoms with van der Waals surface area (Å²) in [5, 5.41) is 0. The molecule has 0 aliphatic heterocycles. The first-order valence-corrected chi connectivity index (χ1v) is 7.45. The highest BCUT2D eigenvalue weighted by Gasteiger charge is 2.23. The zero-order valence-electron chi connectivity index (χ0n) is 9.06. The van der Waals surface area contributed by atoms with Crippen LogP contribution in [-0.4, -0.2) is 4.83 Å². The van der Waals surface area contributed by atoms with E-state index in [9.17, 15) is 4.39 Å². The van der Waals surface area contributed by atoms with Gasteiger partial charge >= 0.3 is 0 Å². The van der Waals surface area contributed by atoms with Crippen molar-refractivity contribution in [3.63, 3.8) is 0 Å². The van der Waals surface area contributed by atoms with Gasteiger partial charge in [-0.05, 0) is 42.9 Å². The smallest absolute Gasteiger partial charge is 0.124 e. The highest BCUT2D eigenvalue weighted by atomic mass is 79.9. The van der Waals surface area contributed by atoms with Crippen LogP contribution in [0.15, 0.2) is 22.7 Å². The van der Waals surface area contributed by atoms with Crippen molar-refractivity contribution in [3.8, 4) is 0 Å². The van der Waals surface area contributed by atoms with Gasteiger partial charge in [0.1, 0.15) is 5.82 Å². The molecule has 3 heteroatoms. The van der Waals surface area contributed by atoms with Crippen LogP contribution in [0.1, 0.15) is 31.2 Å². The zero-order chi connectivity index (χ0) is 11.5. The second kappa shape index (κ2) is 5.63. The van der Waals surface area contributed by atoms with E-state index >= 15 is 0 Å². The maximum atomic E-state index is 13.0. The van der Waals surface area contributed by atoms with E-state index < -0.39 is 0 Å². The van der Waals surface area contributed by atoms with E-state index in [1.54, 1.807) is 12.1 Å². The van der Waals surface area contributed by atoms with Crippen LogP contribution < -0.4 is 0 Å². The van der Waals surface area contributed by atoms with E-state index in [-0.39, 0.29) is 5.82 Å². The molecule has 0 spiro atoms. The molecular formula is C13H15Br2F. The molecule has 1 saturated carbocycles. The van der Waals surface area contributed by atoms with Gasteiger partial charge in [-0.15, -0.1) is 0 Å². The summed E-state index contributed by atoms with van der Waals surface area (Å²) in [6.07, 6.45) is 6.24. The molecule has 0 N–H and O–H groups in total. The molecule has 1 aromatic carbocycles. The zero-order valence-corrected chi connectivity index (χ0v) is 12.2. The number of alkyl halides is 1. The second-order valence-electron chi connectivity index (χ2n) is 4.50. The first kappa shape index (κ1) is 12.6. The van der Waals surface area contributed by atoms with E-state index in [2.05, 4.69) is 31.9 Å². The Morgan fingerprint density at radius 3 is 2.69 bits per heavy atom. The Bertz CT molecular complexity index is 365. The van der Waals surface area contributed by atoms with Gasteiger partial charge in [0.15, 0.2) is 0 Å². The second-order valence-corrected chi connectivity index (χ2v) is 6.53. The Hall–Kier alpha value is 0.110. The summed E-state index contributed by atoms with van der Waals surface area (Å²) in [5.41, 5.74) is 1.22. The van der Waals surface area contributed by atoms with Gasteiger partial charge in [-0.3, -0.25) is 0 Å². The summed E-state index contributed by atoms with van der Waals surface area (Å²) in [4.78, 5) is 0.623. The van der Waals surface area contributed by atoms with Crippen LogP contribution in [0.4, 0.5) is 4.39 Å². The lowest BCUT2D eigenvalue weighted by Crippen LogP contribution is -2.21. The fourth-order valence-corrected chi connectivity index (χ4v) is 3.65. The Kier molecular flexibility index (Phi) is 4.42. The minimum absolute atomic E-state index is 0.172. The summed E-state index contributed by atoms with van der Waals surface area (Å²) in [6.45, 7) is 0. The van der Waals surface area contributed by atoms with Crippen molar-refractivity contribution in [2.45, 2.75) is 36.9 Å². The molecule has 1 aromatic rings. The third kappa shape index (κ3) is 3.07. The van der Waals surface area contributed by atoms with E-state index in [1.165, 1.54) is 31.2 Å². The number of benzene rings is 1. The molecule has 0 radical (unpaired) electrons. The molecule has 2 unspecified atom stereocenters. The number of halogens is 3. The van der Waals surface area contributed by atoms with Crippen molar-refractivity contribution >= 4 is 31.9 Å². The van der Waals surface area contributed by atoms with Crippen LogP contribution in [0, 0.1) is 11.7 Å². The average molecular weight is 350 g/mol. The van der Waals surface area contributed by atoms with Gasteiger partial charge in [-0.1, -0.05) is 50.8 Å². The molecule has 1 aliphatic carbocycles. The molecule has 0 saturated heterocycles. The number of hydrogen-bond acceptors (Lipinski definition) is 0. The normalized spacial score (nSPS) is 25.7. The van der Waals surface area contributed by atoms with E-state index in [1.807, 2.05) is 6.07 Å². The van der Waals surface area contributed by atoms with E-state index in [4.69, 9.17) is 0 Å². The Morgan fingerprint density at radius 2 is 2.00 bits per heavy atom. The lowest BCUT2D eigenvalue weighted by molar-refractivity contribution is 0.373. The van der Waals surface area contributed by atoms with Gasteiger partial charge in [0.2, 0.25) is 0 Å². The van der Waals surface area contributed by atoms with Crippen LogP contribution in [0.3, 0.4) is 0 Å². The topological polar surface area (TPSA) is 0 Å². The van der Waals surface area contributed by atoms with Crippen molar-refractivity contribution in [3.05, 3.63) is 34.1 Å². The van der Waals surface area contributed by atoms with Crippen molar-refractivity contribution in [2.24, 2.45) is 5.92 Å². The lowest BCUT2D eigenvalue weighted by Gasteiger charge is -2.27. The molecule has 2 rings (SSSR count). The van der Waals surface area contributed by atoms with E-state index in [0.29, 0.717) is 10.7 Å². The van der Waals surface area contributed by atoms with Crippen LogP contribution in [0.2, 0.25) is 0 Å². The fourth-order valence-electron chi connectivity index (χ4n) is 2.36. The van der Waals surface area contributed by atoms with Crippen molar-refractivity contribution < 1.29 is 4.39 Å². The highest BCUT2D eigenvalue weighted by molar-refractivity contribution is 9.10. The lowest BCUT2D eigenvalue weighted by atomic mass is 9.85. The molecule has 1 aliphatic rings.